The number of benzene rings is 1. The number of esters is 1. The fourth-order valence-electron chi connectivity index (χ4n) is 5.77. The molecule has 1 spiro atoms. The molecular weight excluding hydrogens is 410 g/mol. The first kappa shape index (κ1) is 25.8. The van der Waals surface area contributed by atoms with Crippen LogP contribution in [-0.4, -0.2) is 25.2 Å². The van der Waals surface area contributed by atoms with E-state index in [4.69, 9.17) is 15.2 Å². The lowest BCUT2D eigenvalue weighted by atomic mass is 9.72. The lowest BCUT2D eigenvalue weighted by Gasteiger charge is -2.37. The van der Waals surface area contributed by atoms with Gasteiger partial charge in [0.25, 0.3) is 0 Å². The third-order valence-corrected chi connectivity index (χ3v) is 7.84. The average molecular weight is 456 g/mol. The van der Waals surface area contributed by atoms with Gasteiger partial charge in [0.2, 0.25) is 0 Å². The summed E-state index contributed by atoms with van der Waals surface area (Å²) < 4.78 is 11.4. The lowest BCUT2D eigenvalue weighted by Crippen LogP contribution is -2.30. The molecule has 4 heteroatoms. The lowest BCUT2D eigenvalue weighted by molar-refractivity contribution is -0.143. The van der Waals surface area contributed by atoms with Gasteiger partial charge in [0.1, 0.15) is 5.75 Å². The molecule has 184 valence electrons. The number of carbonyl (C=O) groups is 1. The van der Waals surface area contributed by atoms with E-state index in [1.807, 2.05) is 6.92 Å². The van der Waals surface area contributed by atoms with Crippen LogP contribution < -0.4 is 10.5 Å². The predicted octanol–water partition coefficient (Wildman–Crippen LogP) is 7.06. The summed E-state index contributed by atoms with van der Waals surface area (Å²) in [5.74, 6) is 1.48. The molecule has 1 aromatic carbocycles. The molecule has 0 aromatic heterocycles. The van der Waals surface area contributed by atoms with Gasteiger partial charge < -0.3 is 15.2 Å². The Morgan fingerprint density at radius 1 is 1.09 bits per heavy atom. The zero-order valence-corrected chi connectivity index (χ0v) is 21.0. The second kappa shape index (κ2) is 13.2. The van der Waals surface area contributed by atoms with Crippen molar-refractivity contribution in [2.24, 2.45) is 17.1 Å². The Balaban J connectivity index is 1.44. The topological polar surface area (TPSA) is 61.5 Å². The maximum Gasteiger partial charge on any atom is 0.305 e. The van der Waals surface area contributed by atoms with Crippen LogP contribution in [0.3, 0.4) is 0 Å². The molecule has 0 amide bonds. The Bertz CT molecular complexity index is 739. The number of hydrogen-bond donors (Lipinski definition) is 1. The van der Waals surface area contributed by atoms with Crippen molar-refractivity contribution < 1.29 is 14.3 Å². The summed E-state index contributed by atoms with van der Waals surface area (Å²) in [4.78, 5) is 11.5. The fraction of sp³-hybridized carbons (Fsp3) is 0.690. The summed E-state index contributed by atoms with van der Waals surface area (Å²) in [6.45, 7) is 5.13. The molecule has 2 aliphatic rings. The van der Waals surface area contributed by atoms with E-state index in [9.17, 15) is 4.79 Å². The minimum atomic E-state index is -0.0815. The molecule has 1 atom stereocenters. The fourth-order valence-corrected chi connectivity index (χ4v) is 5.77. The molecule has 1 unspecified atom stereocenters. The average Bonchev–Trinajstić information content (AvgIpc) is 3.27. The van der Waals surface area contributed by atoms with Crippen molar-refractivity contribution in [1.29, 1.82) is 0 Å². The first-order chi connectivity index (χ1) is 16.0. The minimum Gasteiger partial charge on any atom is -0.490 e. The Morgan fingerprint density at radius 3 is 2.42 bits per heavy atom. The van der Waals surface area contributed by atoms with Crippen molar-refractivity contribution in [3.63, 3.8) is 0 Å². The minimum absolute atomic E-state index is 0.0815. The predicted molar refractivity (Wildman–Crippen MR) is 136 cm³/mol. The summed E-state index contributed by atoms with van der Waals surface area (Å²) >= 11 is 0. The summed E-state index contributed by atoms with van der Waals surface area (Å²) in [6, 6.07) is 8.62. The van der Waals surface area contributed by atoms with Crippen LogP contribution in [0.1, 0.15) is 103 Å². The zero-order valence-electron chi connectivity index (χ0n) is 21.0. The van der Waals surface area contributed by atoms with Gasteiger partial charge in [0.15, 0.2) is 0 Å². The Hall–Kier alpha value is -1.81. The summed E-state index contributed by atoms with van der Waals surface area (Å²) in [5, 5.41) is 0. The van der Waals surface area contributed by atoms with Gasteiger partial charge in [-0.1, -0.05) is 44.4 Å². The SMILES string of the molecule is CCOC(=O)CCCC(C)CC/C(=C\CN)c1ccc(OC2CCC3(CCCC3)CC2)cc1. The molecule has 0 heterocycles. The van der Waals surface area contributed by atoms with E-state index in [0.717, 1.165) is 31.4 Å². The standard InChI is InChI=1S/C29H45NO3/c1-3-32-28(31)8-6-7-23(2)9-10-25(17-22-30)24-11-13-26(14-12-24)33-27-15-20-29(21-16-27)18-4-5-19-29/h11-14,17,23,27H,3-10,15-16,18-22,30H2,1-2H3/b25-17+. The van der Waals surface area contributed by atoms with Crippen molar-refractivity contribution in [3.05, 3.63) is 35.9 Å². The van der Waals surface area contributed by atoms with Crippen LogP contribution in [0.4, 0.5) is 0 Å². The van der Waals surface area contributed by atoms with Crippen molar-refractivity contribution in [3.8, 4) is 5.75 Å². The van der Waals surface area contributed by atoms with Crippen LogP contribution in [0.15, 0.2) is 30.3 Å². The van der Waals surface area contributed by atoms with Gasteiger partial charge in [0.05, 0.1) is 12.7 Å². The van der Waals surface area contributed by atoms with E-state index in [-0.39, 0.29) is 5.97 Å². The Morgan fingerprint density at radius 2 is 1.79 bits per heavy atom. The highest BCUT2D eigenvalue weighted by atomic mass is 16.5. The normalized spacial score (nSPS) is 19.5. The van der Waals surface area contributed by atoms with Gasteiger partial charge in [0, 0.05) is 13.0 Å². The number of carbonyl (C=O) groups excluding carboxylic acids is 1. The molecule has 0 aliphatic heterocycles. The quantitative estimate of drug-likeness (QED) is 0.343. The van der Waals surface area contributed by atoms with E-state index < -0.39 is 0 Å². The zero-order chi connectivity index (χ0) is 23.5. The van der Waals surface area contributed by atoms with E-state index in [1.54, 1.807) is 0 Å². The van der Waals surface area contributed by atoms with E-state index in [2.05, 4.69) is 37.3 Å². The molecule has 0 saturated heterocycles. The van der Waals surface area contributed by atoms with Gasteiger partial charge in [-0.2, -0.15) is 0 Å². The number of hydrogen-bond acceptors (Lipinski definition) is 4. The van der Waals surface area contributed by atoms with E-state index in [1.165, 1.54) is 62.5 Å². The van der Waals surface area contributed by atoms with Crippen LogP contribution in [0.25, 0.3) is 5.57 Å². The molecule has 0 bridgehead atoms. The molecule has 0 radical (unpaired) electrons. The Labute approximate surface area is 201 Å². The van der Waals surface area contributed by atoms with Crippen LogP contribution in [-0.2, 0) is 9.53 Å². The molecule has 2 saturated carbocycles. The van der Waals surface area contributed by atoms with Gasteiger partial charge in [-0.25, -0.2) is 0 Å². The van der Waals surface area contributed by atoms with Crippen molar-refractivity contribution in [2.45, 2.75) is 103 Å². The number of nitrogens with two attached hydrogens (primary N) is 1. The van der Waals surface area contributed by atoms with Gasteiger partial charge in [-0.15, -0.1) is 0 Å². The van der Waals surface area contributed by atoms with Gasteiger partial charge in [-0.05, 0) is 99.3 Å². The van der Waals surface area contributed by atoms with E-state index in [0.29, 0.717) is 37.0 Å². The first-order valence-corrected chi connectivity index (χ1v) is 13.4. The molecule has 2 fully saturated rings. The van der Waals surface area contributed by atoms with Crippen molar-refractivity contribution >= 4 is 11.5 Å². The number of ether oxygens (including phenoxy) is 2. The summed E-state index contributed by atoms with van der Waals surface area (Å²) in [5.41, 5.74) is 9.06. The second-order valence-corrected chi connectivity index (χ2v) is 10.4. The highest BCUT2D eigenvalue weighted by Gasteiger charge is 2.38. The van der Waals surface area contributed by atoms with Gasteiger partial charge >= 0.3 is 5.97 Å². The second-order valence-electron chi connectivity index (χ2n) is 10.4. The maximum absolute atomic E-state index is 11.5. The molecule has 1 aromatic rings. The number of rotatable bonds is 12. The smallest absolute Gasteiger partial charge is 0.305 e. The Kier molecular flexibility index (Phi) is 10.3. The largest absolute Gasteiger partial charge is 0.490 e. The highest BCUT2D eigenvalue weighted by molar-refractivity contribution is 5.69. The van der Waals surface area contributed by atoms with Crippen LogP contribution in [0.5, 0.6) is 5.75 Å². The van der Waals surface area contributed by atoms with Crippen molar-refractivity contribution in [1.82, 2.24) is 0 Å². The molecule has 2 aliphatic carbocycles. The molecule has 2 N–H and O–H groups in total. The third-order valence-electron chi connectivity index (χ3n) is 7.84. The molecule has 33 heavy (non-hydrogen) atoms. The maximum atomic E-state index is 11.5. The highest BCUT2D eigenvalue weighted by Crippen LogP contribution is 2.49. The first-order valence-electron chi connectivity index (χ1n) is 13.4. The molecule has 3 rings (SSSR count). The third kappa shape index (κ3) is 8.17. The monoisotopic (exact) mass is 455 g/mol. The number of allylic oxidation sites excluding steroid dienone is 1. The molecular formula is C29H45NO3. The summed E-state index contributed by atoms with van der Waals surface area (Å²) in [7, 11) is 0. The van der Waals surface area contributed by atoms with E-state index >= 15 is 0 Å². The molecule has 4 nitrogen and oxygen atoms in total. The van der Waals surface area contributed by atoms with Crippen LogP contribution >= 0.6 is 0 Å². The summed E-state index contributed by atoms with van der Waals surface area (Å²) in [6.07, 6.45) is 17.9. The van der Waals surface area contributed by atoms with Crippen LogP contribution in [0, 0.1) is 11.3 Å². The van der Waals surface area contributed by atoms with Crippen molar-refractivity contribution in [2.75, 3.05) is 13.2 Å². The van der Waals surface area contributed by atoms with Gasteiger partial charge in [-0.3, -0.25) is 4.79 Å². The van der Waals surface area contributed by atoms with Crippen LogP contribution in [0.2, 0.25) is 0 Å².